The lowest BCUT2D eigenvalue weighted by Gasteiger charge is -2.17. The first-order chi connectivity index (χ1) is 11.2. The average Bonchev–Trinajstić information content (AvgIpc) is 3.06. The summed E-state index contributed by atoms with van der Waals surface area (Å²) in [5.41, 5.74) is 2.81. The fraction of sp³-hybridized carbons (Fsp3) is 0.353. The minimum Gasteiger partial charge on any atom is -0.387 e. The first-order valence-electron chi connectivity index (χ1n) is 7.85. The molecule has 0 fully saturated rings. The number of aryl methyl sites for hydroxylation is 1. The van der Waals surface area contributed by atoms with Crippen molar-refractivity contribution < 1.29 is 5.11 Å². The predicted octanol–water partition coefficient (Wildman–Crippen LogP) is 1.77. The lowest BCUT2D eigenvalue weighted by molar-refractivity contribution is 0.169. The van der Waals surface area contributed by atoms with E-state index in [9.17, 15) is 5.11 Å². The molecule has 0 bridgehead atoms. The molecule has 6 heteroatoms. The largest absolute Gasteiger partial charge is 0.387 e. The molecule has 23 heavy (non-hydrogen) atoms. The van der Waals surface area contributed by atoms with Gasteiger partial charge in [-0.3, -0.25) is 0 Å². The summed E-state index contributed by atoms with van der Waals surface area (Å²) in [7, 11) is 0. The fourth-order valence-electron chi connectivity index (χ4n) is 2.51. The number of aliphatic hydroxyl groups is 1. The van der Waals surface area contributed by atoms with Crippen LogP contribution in [0.2, 0.25) is 0 Å². The maximum atomic E-state index is 10.3. The molecule has 2 aromatic heterocycles. The summed E-state index contributed by atoms with van der Waals surface area (Å²) < 4.78 is 1.57. The molecule has 0 amide bonds. The van der Waals surface area contributed by atoms with Crippen LogP contribution in [-0.2, 0) is 6.42 Å². The Balaban J connectivity index is 1.48. The molecule has 0 aliphatic carbocycles. The van der Waals surface area contributed by atoms with Crippen LogP contribution in [0.1, 0.15) is 30.6 Å². The topological polar surface area (TPSA) is 75.3 Å². The van der Waals surface area contributed by atoms with Gasteiger partial charge in [0, 0.05) is 24.3 Å². The highest BCUT2D eigenvalue weighted by molar-refractivity contribution is 5.36. The van der Waals surface area contributed by atoms with Gasteiger partial charge in [-0.05, 0) is 41.8 Å². The zero-order chi connectivity index (χ0) is 16.1. The van der Waals surface area contributed by atoms with Crippen LogP contribution in [0.3, 0.4) is 0 Å². The molecule has 2 atom stereocenters. The minimum absolute atomic E-state index is 0.335. The van der Waals surface area contributed by atoms with Crippen molar-refractivity contribution in [2.45, 2.75) is 31.9 Å². The van der Waals surface area contributed by atoms with E-state index in [-0.39, 0.29) is 0 Å². The summed E-state index contributed by atoms with van der Waals surface area (Å²) in [5.74, 6) is 0. The van der Waals surface area contributed by atoms with Crippen molar-refractivity contribution in [1.29, 1.82) is 0 Å². The number of hydrogen-bond donors (Lipinski definition) is 2. The van der Waals surface area contributed by atoms with E-state index in [0.717, 1.165) is 18.4 Å². The molecule has 3 rings (SSSR count). The Morgan fingerprint density at radius 1 is 1.17 bits per heavy atom. The molecule has 0 saturated heterocycles. The summed E-state index contributed by atoms with van der Waals surface area (Å²) >= 11 is 0. The predicted molar refractivity (Wildman–Crippen MR) is 88.0 cm³/mol. The Morgan fingerprint density at radius 3 is 2.83 bits per heavy atom. The van der Waals surface area contributed by atoms with Gasteiger partial charge in [-0.15, -0.1) is 5.10 Å². The molecule has 3 aromatic rings. The van der Waals surface area contributed by atoms with Gasteiger partial charge in [-0.1, -0.05) is 36.4 Å². The molecule has 2 heterocycles. The van der Waals surface area contributed by atoms with E-state index in [4.69, 9.17) is 0 Å². The number of rotatable bonds is 7. The molecule has 0 aliphatic heterocycles. The summed E-state index contributed by atoms with van der Waals surface area (Å²) in [6, 6.07) is 14.4. The Morgan fingerprint density at radius 2 is 2.00 bits per heavy atom. The van der Waals surface area contributed by atoms with Gasteiger partial charge >= 0.3 is 0 Å². The molecule has 0 radical (unpaired) electrons. The van der Waals surface area contributed by atoms with Crippen LogP contribution in [0.5, 0.6) is 0 Å². The van der Waals surface area contributed by atoms with Gasteiger partial charge in [-0.25, -0.2) is 4.52 Å². The van der Waals surface area contributed by atoms with E-state index < -0.39 is 6.10 Å². The number of pyridine rings is 1. The van der Waals surface area contributed by atoms with Crippen LogP contribution in [0.25, 0.3) is 5.65 Å². The van der Waals surface area contributed by atoms with Gasteiger partial charge in [0.1, 0.15) is 0 Å². The summed E-state index contributed by atoms with van der Waals surface area (Å²) in [6.45, 7) is 2.64. The molecule has 0 aliphatic rings. The smallest absolute Gasteiger partial charge is 0.179 e. The number of benzene rings is 1. The zero-order valence-electron chi connectivity index (χ0n) is 13.1. The SMILES string of the molecule is CC(CCc1ccccc1)NCC(O)c1ccc2nnnn2c1. The molecule has 2 unspecified atom stereocenters. The van der Waals surface area contributed by atoms with Crippen molar-refractivity contribution in [2.75, 3.05) is 6.54 Å². The number of aromatic nitrogens is 4. The third-order valence-electron chi connectivity index (χ3n) is 3.97. The Labute approximate surface area is 135 Å². The van der Waals surface area contributed by atoms with Crippen LogP contribution in [0, 0.1) is 0 Å². The Hall–Kier alpha value is -2.31. The lowest BCUT2D eigenvalue weighted by Crippen LogP contribution is -2.30. The Bertz CT molecular complexity index is 743. The minimum atomic E-state index is -0.581. The first kappa shape index (κ1) is 15.6. The third-order valence-corrected chi connectivity index (χ3v) is 3.97. The number of hydrogen-bond acceptors (Lipinski definition) is 5. The van der Waals surface area contributed by atoms with Crippen molar-refractivity contribution in [2.24, 2.45) is 0 Å². The lowest BCUT2D eigenvalue weighted by atomic mass is 10.1. The second-order valence-corrected chi connectivity index (χ2v) is 5.79. The maximum Gasteiger partial charge on any atom is 0.179 e. The van der Waals surface area contributed by atoms with E-state index in [1.54, 1.807) is 16.8 Å². The van der Waals surface area contributed by atoms with Crippen molar-refractivity contribution in [3.05, 3.63) is 59.8 Å². The van der Waals surface area contributed by atoms with E-state index in [1.165, 1.54) is 5.56 Å². The normalized spacial score (nSPS) is 14.0. The number of nitrogens with zero attached hydrogens (tertiary/aromatic N) is 4. The first-order valence-corrected chi connectivity index (χ1v) is 7.85. The molecule has 0 saturated carbocycles. The summed E-state index contributed by atoms with van der Waals surface area (Å²) in [4.78, 5) is 0. The number of fused-ring (bicyclic) bond motifs is 1. The fourth-order valence-corrected chi connectivity index (χ4v) is 2.51. The quantitative estimate of drug-likeness (QED) is 0.695. The number of aliphatic hydroxyl groups excluding tert-OH is 1. The molecule has 6 nitrogen and oxygen atoms in total. The molecular weight excluding hydrogens is 290 g/mol. The second-order valence-electron chi connectivity index (χ2n) is 5.79. The average molecular weight is 311 g/mol. The van der Waals surface area contributed by atoms with E-state index in [1.807, 2.05) is 12.1 Å². The van der Waals surface area contributed by atoms with Crippen LogP contribution in [0.15, 0.2) is 48.7 Å². The summed E-state index contributed by atoms with van der Waals surface area (Å²) in [5, 5.41) is 25.0. The molecule has 120 valence electrons. The summed E-state index contributed by atoms with van der Waals surface area (Å²) in [6.07, 6.45) is 3.24. The van der Waals surface area contributed by atoms with Crippen molar-refractivity contribution in [3.8, 4) is 0 Å². The van der Waals surface area contributed by atoms with Crippen LogP contribution in [-0.4, -0.2) is 37.7 Å². The molecular formula is C17H21N5O. The molecule has 2 N–H and O–H groups in total. The van der Waals surface area contributed by atoms with Gasteiger partial charge in [0.2, 0.25) is 0 Å². The Kier molecular flexibility index (Phi) is 4.95. The van der Waals surface area contributed by atoms with Crippen molar-refractivity contribution in [1.82, 2.24) is 25.4 Å². The monoisotopic (exact) mass is 311 g/mol. The number of tetrazole rings is 1. The van der Waals surface area contributed by atoms with Gasteiger partial charge in [0.05, 0.1) is 6.10 Å². The van der Waals surface area contributed by atoms with Crippen LogP contribution >= 0.6 is 0 Å². The van der Waals surface area contributed by atoms with E-state index in [0.29, 0.717) is 18.2 Å². The van der Waals surface area contributed by atoms with Gasteiger partial charge in [-0.2, -0.15) is 0 Å². The van der Waals surface area contributed by atoms with E-state index >= 15 is 0 Å². The molecule has 1 aromatic carbocycles. The highest BCUT2D eigenvalue weighted by Gasteiger charge is 2.11. The highest BCUT2D eigenvalue weighted by Crippen LogP contribution is 2.13. The van der Waals surface area contributed by atoms with Gasteiger partial charge < -0.3 is 10.4 Å². The third kappa shape index (κ3) is 4.12. The van der Waals surface area contributed by atoms with Crippen molar-refractivity contribution >= 4 is 5.65 Å². The highest BCUT2D eigenvalue weighted by atomic mass is 16.3. The van der Waals surface area contributed by atoms with Gasteiger partial charge in [0.15, 0.2) is 5.65 Å². The standard InChI is InChI=1S/C17H21N5O/c1-13(7-8-14-5-3-2-4-6-14)18-11-16(23)15-9-10-17-19-20-21-22(17)12-15/h2-6,9-10,12-13,16,18,23H,7-8,11H2,1H3. The zero-order valence-corrected chi connectivity index (χ0v) is 13.1. The maximum absolute atomic E-state index is 10.3. The number of nitrogens with one attached hydrogen (secondary N) is 1. The van der Waals surface area contributed by atoms with E-state index in [2.05, 4.69) is 52.0 Å². The molecule has 0 spiro atoms. The van der Waals surface area contributed by atoms with Crippen molar-refractivity contribution in [3.63, 3.8) is 0 Å². The van der Waals surface area contributed by atoms with Crippen LogP contribution in [0.4, 0.5) is 0 Å². The van der Waals surface area contributed by atoms with Crippen LogP contribution < -0.4 is 5.32 Å². The second kappa shape index (κ2) is 7.30. The van der Waals surface area contributed by atoms with Gasteiger partial charge in [0.25, 0.3) is 0 Å².